The van der Waals surface area contributed by atoms with Crippen molar-refractivity contribution < 1.29 is 4.79 Å². The molecule has 0 radical (unpaired) electrons. The highest BCUT2D eigenvalue weighted by molar-refractivity contribution is 7.13. The van der Waals surface area contributed by atoms with Gasteiger partial charge >= 0.3 is 0 Å². The quantitative estimate of drug-likeness (QED) is 0.769. The van der Waals surface area contributed by atoms with E-state index in [1.54, 1.807) is 6.20 Å². The Morgan fingerprint density at radius 3 is 2.86 bits per heavy atom. The molecule has 0 atom stereocenters. The largest absolute Gasteiger partial charge is 0.351 e. The number of aromatic nitrogens is 2. The van der Waals surface area contributed by atoms with Gasteiger partial charge in [0.05, 0.1) is 10.7 Å². The van der Waals surface area contributed by atoms with Gasteiger partial charge < -0.3 is 10.6 Å². The van der Waals surface area contributed by atoms with Crippen LogP contribution in [-0.2, 0) is 6.54 Å². The molecule has 0 saturated heterocycles. The van der Waals surface area contributed by atoms with E-state index in [-0.39, 0.29) is 5.91 Å². The van der Waals surface area contributed by atoms with E-state index in [9.17, 15) is 4.79 Å². The predicted octanol–water partition coefficient (Wildman–Crippen LogP) is 2.06. The zero-order chi connectivity index (χ0) is 15.1. The number of hydrogen-bond acceptors (Lipinski definition) is 5. The highest BCUT2D eigenvalue weighted by Gasteiger charge is 2.12. The number of thiazole rings is 1. The Hall–Kier alpha value is -1.79. The van der Waals surface area contributed by atoms with Gasteiger partial charge in [-0.05, 0) is 38.4 Å². The van der Waals surface area contributed by atoms with Crippen molar-refractivity contribution in [3.8, 4) is 0 Å². The molecule has 0 fully saturated rings. The van der Waals surface area contributed by atoms with E-state index in [0.29, 0.717) is 6.54 Å². The van der Waals surface area contributed by atoms with Crippen LogP contribution in [0.25, 0.3) is 0 Å². The van der Waals surface area contributed by atoms with Crippen molar-refractivity contribution in [2.24, 2.45) is 0 Å². The summed E-state index contributed by atoms with van der Waals surface area (Å²) >= 11 is 1.44. The average molecular weight is 304 g/mol. The molecular formula is C15H20N4OS. The second-order valence-corrected chi connectivity index (χ2v) is 6.00. The number of nitrogens with one attached hydrogen (secondary N) is 2. The third-order valence-corrected chi connectivity index (χ3v) is 4.05. The van der Waals surface area contributed by atoms with E-state index in [1.807, 2.05) is 32.2 Å². The maximum atomic E-state index is 12.0. The van der Waals surface area contributed by atoms with Crippen LogP contribution >= 0.6 is 11.3 Å². The Bertz CT molecular complexity index is 583. The summed E-state index contributed by atoms with van der Waals surface area (Å²) in [7, 11) is 0. The Kier molecular flexibility index (Phi) is 5.83. The molecule has 0 aliphatic carbocycles. The van der Waals surface area contributed by atoms with E-state index in [4.69, 9.17) is 0 Å². The molecule has 0 bridgehead atoms. The molecule has 0 saturated carbocycles. The highest BCUT2D eigenvalue weighted by Crippen LogP contribution is 2.16. The Balaban J connectivity index is 1.62. The van der Waals surface area contributed by atoms with Gasteiger partial charge in [-0.3, -0.25) is 9.78 Å². The number of rotatable bonds is 7. The standard InChI is InChI=1S/C15H20N4OS/c1-11-14(21-12(2)19-11)15(20)18-8-4-7-17-10-13-5-3-6-16-9-13/h3,5-6,9,17H,4,7-8,10H2,1-2H3,(H,18,20). The molecule has 2 heterocycles. The second-order valence-electron chi connectivity index (χ2n) is 4.79. The van der Waals surface area contributed by atoms with Crippen molar-refractivity contribution in [1.29, 1.82) is 0 Å². The normalized spacial score (nSPS) is 10.6. The minimum absolute atomic E-state index is 0.0228. The molecule has 6 heteroatoms. The number of aryl methyl sites for hydroxylation is 2. The van der Waals surface area contributed by atoms with Gasteiger partial charge in [0, 0.05) is 25.5 Å². The van der Waals surface area contributed by atoms with Crippen molar-refractivity contribution in [2.75, 3.05) is 13.1 Å². The van der Waals surface area contributed by atoms with Crippen LogP contribution in [-0.4, -0.2) is 29.0 Å². The van der Waals surface area contributed by atoms with Crippen LogP contribution in [0.3, 0.4) is 0 Å². The first-order valence-corrected chi connectivity index (χ1v) is 7.80. The molecular weight excluding hydrogens is 284 g/mol. The molecule has 2 rings (SSSR count). The Morgan fingerprint density at radius 1 is 1.33 bits per heavy atom. The molecule has 112 valence electrons. The van der Waals surface area contributed by atoms with Gasteiger partial charge in [0.1, 0.15) is 4.88 Å². The van der Waals surface area contributed by atoms with Crippen molar-refractivity contribution in [3.63, 3.8) is 0 Å². The van der Waals surface area contributed by atoms with Crippen LogP contribution in [0.4, 0.5) is 0 Å². The van der Waals surface area contributed by atoms with Gasteiger partial charge in [-0.25, -0.2) is 4.98 Å². The lowest BCUT2D eigenvalue weighted by Crippen LogP contribution is -2.27. The van der Waals surface area contributed by atoms with Gasteiger partial charge in [0.2, 0.25) is 0 Å². The molecule has 0 unspecified atom stereocenters. The number of carbonyl (C=O) groups excluding carboxylic acids is 1. The molecule has 0 aliphatic rings. The summed E-state index contributed by atoms with van der Waals surface area (Å²) < 4.78 is 0. The highest BCUT2D eigenvalue weighted by atomic mass is 32.1. The maximum absolute atomic E-state index is 12.0. The zero-order valence-corrected chi connectivity index (χ0v) is 13.2. The fourth-order valence-electron chi connectivity index (χ4n) is 1.97. The summed E-state index contributed by atoms with van der Waals surface area (Å²) in [6, 6.07) is 3.97. The van der Waals surface area contributed by atoms with E-state index in [0.717, 1.165) is 40.7 Å². The molecule has 0 aliphatic heterocycles. The molecule has 0 aromatic carbocycles. The van der Waals surface area contributed by atoms with Crippen molar-refractivity contribution in [1.82, 2.24) is 20.6 Å². The molecule has 1 amide bonds. The molecule has 5 nitrogen and oxygen atoms in total. The molecule has 2 aromatic rings. The summed E-state index contributed by atoms with van der Waals surface area (Å²) in [6.07, 6.45) is 4.51. The van der Waals surface area contributed by atoms with E-state index >= 15 is 0 Å². The molecule has 2 N–H and O–H groups in total. The minimum Gasteiger partial charge on any atom is -0.351 e. The smallest absolute Gasteiger partial charge is 0.263 e. The van der Waals surface area contributed by atoms with Crippen LogP contribution in [0.5, 0.6) is 0 Å². The summed E-state index contributed by atoms with van der Waals surface area (Å²) in [5, 5.41) is 7.19. The van der Waals surface area contributed by atoms with Crippen LogP contribution in [0.15, 0.2) is 24.5 Å². The molecule has 21 heavy (non-hydrogen) atoms. The monoisotopic (exact) mass is 304 g/mol. The van der Waals surface area contributed by atoms with Gasteiger partial charge in [-0.15, -0.1) is 11.3 Å². The zero-order valence-electron chi connectivity index (χ0n) is 12.3. The molecule has 0 spiro atoms. The van der Waals surface area contributed by atoms with Gasteiger partial charge in [-0.1, -0.05) is 6.07 Å². The van der Waals surface area contributed by atoms with Gasteiger partial charge in [-0.2, -0.15) is 0 Å². The first-order valence-electron chi connectivity index (χ1n) is 6.98. The van der Waals surface area contributed by atoms with Gasteiger partial charge in [0.15, 0.2) is 0 Å². The Morgan fingerprint density at radius 2 is 2.19 bits per heavy atom. The number of hydrogen-bond donors (Lipinski definition) is 2. The lowest BCUT2D eigenvalue weighted by molar-refractivity contribution is 0.0956. The lowest BCUT2D eigenvalue weighted by atomic mass is 10.3. The number of nitrogens with zero attached hydrogens (tertiary/aromatic N) is 2. The minimum atomic E-state index is -0.0228. The van der Waals surface area contributed by atoms with Gasteiger partial charge in [0.25, 0.3) is 5.91 Å². The number of pyridine rings is 1. The van der Waals surface area contributed by atoms with E-state index < -0.39 is 0 Å². The topological polar surface area (TPSA) is 66.9 Å². The number of amides is 1. The molecule has 2 aromatic heterocycles. The summed E-state index contributed by atoms with van der Waals surface area (Å²) in [4.78, 5) is 21.0. The first-order chi connectivity index (χ1) is 10.2. The third-order valence-electron chi connectivity index (χ3n) is 2.98. The maximum Gasteiger partial charge on any atom is 0.263 e. The number of carbonyl (C=O) groups is 1. The summed E-state index contributed by atoms with van der Waals surface area (Å²) in [5.41, 5.74) is 1.97. The Labute approximate surface area is 128 Å². The van der Waals surface area contributed by atoms with Crippen molar-refractivity contribution in [2.45, 2.75) is 26.8 Å². The summed E-state index contributed by atoms with van der Waals surface area (Å²) in [6.45, 7) is 6.10. The van der Waals surface area contributed by atoms with Crippen molar-refractivity contribution in [3.05, 3.63) is 45.7 Å². The first kappa shape index (κ1) is 15.6. The van der Waals surface area contributed by atoms with E-state index in [1.165, 1.54) is 11.3 Å². The SMILES string of the molecule is Cc1nc(C)c(C(=O)NCCCNCc2cccnc2)s1. The van der Waals surface area contributed by atoms with Crippen LogP contribution in [0.1, 0.15) is 32.4 Å². The predicted molar refractivity (Wildman–Crippen MR) is 84.5 cm³/mol. The van der Waals surface area contributed by atoms with Crippen molar-refractivity contribution >= 4 is 17.2 Å². The lowest BCUT2D eigenvalue weighted by Gasteiger charge is -2.06. The van der Waals surface area contributed by atoms with Crippen LogP contribution < -0.4 is 10.6 Å². The third kappa shape index (κ3) is 4.91. The van der Waals surface area contributed by atoms with E-state index in [2.05, 4.69) is 20.6 Å². The van der Waals surface area contributed by atoms with Crippen LogP contribution in [0, 0.1) is 13.8 Å². The second kappa shape index (κ2) is 7.85. The van der Waals surface area contributed by atoms with Crippen LogP contribution in [0.2, 0.25) is 0 Å². The summed E-state index contributed by atoms with van der Waals surface area (Å²) in [5.74, 6) is -0.0228. The fourth-order valence-corrected chi connectivity index (χ4v) is 2.81. The average Bonchev–Trinajstić information content (AvgIpc) is 2.82. The fraction of sp³-hybridized carbons (Fsp3) is 0.400.